The zero-order valence-electron chi connectivity index (χ0n) is 11.3. The van der Waals surface area contributed by atoms with E-state index in [2.05, 4.69) is 10.3 Å². The highest BCUT2D eigenvalue weighted by Crippen LogP contribution is 2.23. The van der Waals surface area contributed by atoms with Crippen molar-refractivity contribution in [2.75, 3.05) is 5.32 Å². The number of carbonyl (C=O) groups excluding carboxylic acids is 1. The lowest BCUT2D eigenvalue weighted by Gasteiger charge is -2.02. The minimum atomic E-state index is -1.05. The van der Waals surface area contributed by atoms with E-state index in [-0.39, 0.29) is 11.5 Å². The Morgan fingerprint density at radius 1 is 1.48 bits per heavy atom. The Morgan fingerprint density at radius 2 is 2.19 bits per heavy atom. The Bertz CT molecular complexity index is 700. The predicted octanol–water partition coefficient (Wildman–Crippen LogP) is 3.57. The molecule has 0 atom stereocenters. The molecule has 0 spiro atoms. The summed E-state index contributed by atoms with van der Waals surface area (Å²) >= 11 is 1.27. The number of halogens is 1. The molecule has 0 aliphatic rings. The van der Waals surface area contributed by atoms with Crippen LogP contribution in [0.3, 0.4) is 0 Å². The van der Waals surface area contributed by atoms with E-state index in [0.717, 1.165) is 17.8 Å². The minimum absolute atomic E-state index is 0.000558. The molecule has 8 heteroatoms. The first-order valence-corrected chi connectivity index (χ1v) is 6.97. The zero-order valence-corrected chi connectivity index (χ0v) is 12.1. The minimum Gasteiger partial charge on any atom is -0.298 e. The van der Waals surface area contributed by atoms with Gasteiger partial charge in [-0.1, -0.05) is 13.8 Å². The van der Waals surface area contributed by atoms with Gasteiger partial charge in [0.25, 0.3) is 5.91 Å². The van der Waals surface area contributed by atoms with Crippen molar-refractivity contribution in [2.24, 2.45) is 0 Å². The smallest absolute Gasteiger partial charge is 0.298 e. The van der Waals surface area contributed by atoms with Crippen molar-refractivity contribution in [1.29, 1.82) is 0 Å². The van der Waals surface area contributed by atoms with Gasteiger partial charge < -0.3 is 0 Å². The van der Waals surface area contributed by atoms with E-state index in [1.807, 2.05) is 19.2 Å². The number of rotatable bonds is 4. The number of nitro groups is 1. The topological polar surface area (TPSA) is 85.1 Å². The molecule has 0 saturated heterocycles. The van der Waals surface area contributed by atoms with Crippen LogP contribution >= 0.6 is 11.3 Å². The highest BCUT2D eigenvalue weighted by Gasteiger charge is 2.17. The predicted molar refractivity (Wildman–Crippen MR) is 77.2 cm³/mol. The standard InChI is InChI=1S/C13H12FN3O3S/c1-7(2)10-6-21-13(15-10)16-12(18)8-3-4-11(17(19)20)9(14)5-8/h3-7H,1-2H3,(H,15,16,18). The molecular weight excluding hydrogens is 297 g/mol. The third-order valence-electron chi connectivity index (χ3n) is 2.74. The molecule has 1 amide bonds. The van der Waals surface area contributed by atoms with Crippen molar-refractivity contribution >= 4 is 28.1 Å². The average molecular weight is 309 g/mol. The van der Waals surface area contributed by atoms with Crippen molar-refractivity contribution in [2.45, 2.75) is 19.8 Å². The van der Waals surface area contributed by atoms with Crippen LogP contribution in [0.5, 0.6) is 0 Å². The van der Waals surface area contributed by atoms with Crippen LogP contribution in [0.2, 0.25) is 0 Å². The molecule has 6 nitrogen and oxygen atoms in total. The molecule has 0 aliphatic carbocycles. The van der Waals surface area contributed by atoms with Gasteiger partial charge >= 0.3 is 5.69 Å². The molecule has 2 aromatic rings. The Hall–Kier alpha value is -2.35. The quantitative estimate of drug-likeness (QED) is 0.691. The molecule has 110 valence electrons. The number of hydrogen-bond donors (Lipinski definition) is 1. The van der Waals surface area contributed by atoms with E-state index in [4.69, 9.17) is 0 Å². The van der Waals surface area contributed by atoms with Gasteiger partial charge in [-0.2, -0.15) is 4.39 Å². The van der Waals surface area contributed by atoms with Gasteiger partial charge in [0.2, 0.25) is 5.82 Å². The molecule has 0 saturated carbocycles. The second kappa shape index (κ2) is 5.96. The Kier molecular flexibility index (Phi) is 4.27. The fourth-order valence-electron chi connectivity index (χ4n) is 1.57. The van der Waals surface area contributed by atoms with Crippen molar-refractivity contribution < 1.29 is 14.1 Å². The maximum absolute atomic E-state index is 13.5. The molecule has 0 radical (unpaired) electrons. The summed E-state index contributed by atoms with van der Waals surface area (Å²) in [5, 5.41) is 15.3. The number of benzene rings is 1. The lowest BCUT2D eigenvalue weighted by Crippen LogP contribution is -2.12. The van der Waals surface area contributed by atoms with Crippen LogP contribution in [-0.2, 0) is 0 Å². The summed E-state index contributed by atoms with van der Waals surface area (Å²) in [6.07, 6.45) is 0. The number of carbonyl (C=O) groups is 1. The zero-order chi connectivity index (χ0) is 15.6. The number of nitrogens with one attached hydrogen (secondary N) is 1. The lowest BCUT2D eigenvalue weighted by atomic mass is 10.2. The summed E-state index contributed by atoms with van der Waals surface area (Å²) in [5.41, 5.74) is 0.187. The van der Waals surface area contributed by atoms with E-state index in [1.165, 1.54) is 17.4 Å². The van der Waals surface area contributed by atoms with Gasteiger partial charge in [0.1, 0.15) is 0 Å². The molecule has 0 unspecified atom stereocenters. The molecule has 0 fully saturated rings. The van der Waals surface area contributed by atoms with Crippen molar-refractivity contribution in [1.82, 2.24) is 4.98 Å². The lowest BCUT2D eigenvalue weighted by molar-refractivity contribution is -0.387. The first-order valence-electron chi connectivity index (χ1n) is 6.09. The molecule has 1 N–H and O–H groups in total. The van der Waals surface area contributed by atoms with Gasteiger partial charge in [-0.05, 0) is 18.1 Å². The van der Waals surface area contributed by atoms with E-state index < -0.39 is 22.3 Å². The van der Waals surface area contributed by atoms with Crippen LogP contribution in [0, 0.1) is 15.9 Å². The molecular formula is C13H12FN3O3S. The van der Waals surface area contributed by atoms with Gasteiger partial charge in [0, 0.05) is 17.0 Å². The number of aromatic nitrogens is 1. The molecule has 2 rings (SSSR count). The Balaban J connectivity index is 2.16. The average Bonchev–Trinajstić information content (AvgIpc) is 2.86. The molecule has 0 bridgehead atoms. The fraction of sp³-hybridized carbons (Fsp3) is 0.231. The molecule has 1 aromatic carbocycles. The fourth-order valence-corrected chi connectivity index (χ4v) is 2.44. The number of thiazole rings is 1. The highest BCUT2D eigenvalue weighted by molar-refractivity contribution is 7.14. The monoisotopic (exact) mass is 309 g/mol. The first-order chi connectivity index (χ1) is 9.88. The van der Waals surface area contributed by atoms with E-state index >= 15 is 0 Å². The van der Waals surface area contributed by atoms with Crippen LogP contribution in [0.1, 0.15) is 35.8 Å². The number of anilines is 1. The molecule has 1 heterocycles. The van der Waals surface area contributed by atoms with Crippen LogP contribution in [0.25, 0.3) is 0 Å². The third-order valence-corrected chi connectivity index (χ3v) is 3.52. The van der Waals surface area contributed by atoms with Crippen LogP contribution in [0.4, 0.5) is 15.2 Å². The normalized spacial score (nSPS) is 10.7. The summed E-state index contributed by atoms with van der Waals surface area (Å²) in [5.74, 6) is -1.37. The summed E-state index contributed by atoms with van der Waals surface area (Å²) in [4.78, 5) is 25.9. The van der Waals surface area contributed by atoms with Crippen LogP contribution in [-0.4, -0.2) is 15.8 Å². The van der Waals surface area contributed by atoms with Gasteiger partial charge in [-0.15, -0.1) is 11.3 Å². The van der Waals surface area contributed by atoms with Crippen LogP contribution < -0.4 is 5.32 Å². The molecule has 21 heavy (non-hydrogen) atoms. The maximum Gasteiger partial charge on any atom is 0.304 e. The van der Waals surface area contributed by atoms with E-state index in [0.29, 0.717) is 5.13 Å². The number of nitro benzene ring substituents is 1. The summed E-state index contributed by atoms with van der Waals surface area (Å²) in [6, 6.07) is 3.00. The highest BCUT2D eigenvalue weighted by atomic mass is 32.1. The number of hydrogen-bond acceptors (Lipinski definition) is 5. The van der Waals surface area contributed by atoms with Gasteiger partial charge in [-0.3, -0.25) is 20.2 Å². The number of nitrogens with zero attached hydrogens (tertiary/aromatic N) is 2. The SMILES string of the molecule is CC(C)c1csc(NC(=O)c2ccc([N+](=O)[O-])c(F)c2)n1. The number of amides is 1. The summed E-state index contributed by atoms with van der Waals surface area (Å²) < 4.78 is 13.5. The van der Waals surface area contributed by atoms with Crippen LogP contribution in [0.15, 0.2) is 23.6 Å². The third kappa shape index (κ3) is 3.40. The second-order valence-corrected chi connectivity index (χ2v) is 5.47. The Morgan fingerprint density at radius 3 is 2.71 bits per heavy atom. The maximum atomic E-state index is 13.5. The summed E-state index contributed by atoms with van der Waals surface area (Å²) in [6.45, 7) is 3.96. The van der Waals surface area contributed by atoms with Gasteiger partial charge in [-0.25, -0.2) is 4.98 Å². The largest absolute Gasteiger partial charge is 0.304 e. The first kappa shape index (κ1) is 15.0. The second-order valence-electron chi connectivity index (χ2n) is 4.61. The molecule has 1 aromatic heterocycles. The van der Waals surface area contributed by atoms with E-state index in [1.54, 1.807) is 0 Å². The van der Waals surface area contributed by atoms with Gasteiger partial charge in [0.15, 0.2) is 5.13 Å². The van der Waals surface area contributed by atoms with Gasteiger partial charge in [0.05, 0.1) is 10.6 Å². The summed E-state index contributed by atoms with van der Waals surface area (Å²) in [7, 11) is 0. The van der Waals surface area contributed by atoms with Crippen molar-refractivity contribution in [3.8, 4) is 0 Å². The van der Waals surface area contributed by atoms with Crippen molar-refractivity contribution in [3.63, 3.8) is 0 Å². The van der Waals surface area contributed by atoms with Crippen molar-refractivity contribution in [3.05, 3.63) is 50.8 Å². The van der Waals surface area contributed by atoms with E-state index in [9.17, 15) is 19.3 Å². The molecule has 0 aliphatic heterocycles. The Labute approximate surface area is 123 Å².